The minimum absolute atomic E-state index is 0.0527. The average molecular weight is 536 g/mol. The van der Waals surface area contributed by atoms with Gasteiger partial charge in [-0.3, -0.25) is 4.57 Å². The Balaban J connectivity index is 1.76. The lowest BCUT2D eigenvalue weighted by molar-refractivity contribution is -0.266. The molecule has 3 aromatic rings. The molecule has 1 aromatic heterocycles. The van der Waals surface area contributed by atoms with Gasteiger partial charge < -0.3 is 19.6 Å². The third-order valence-electron chi connectivity index (χ3n) is 7.38. The summed E-state index contributed by atoms with van der Waals surface area (Å²) in [7, 11) is 3.29. The molecule has 0 aliphatic carbocycles. The van der Waals surface area contributed by atoms with E-state index in [4.69, 9.17) is 4.74 Å². The molecule has 1 fully saturated rings. The maximum absolute atomic E-state index is 14.6. The van der Waals surface area contributed by atoms with Crippen LogP contribution in [0.15, 0.2) is 48.5 Å². The smallest absolute Gasteiger partial charge is 0.417 e. The SMILES string of the molecule is COc1ccc(F)cc1C(C)(C)CC(O)(Cc1cc2ccccc2n1C(=O)N1CCN(C)CC1)C(F)(F)F. The molecule has 4 rings (SSSR count). The van der Waals surface area contributed by atoms with Crippen LogP contribution in [-0.2, 0) is 11.8 Å². The molecule has 38 heavy (non-hydrogen) atoms. The van der Waals surface area contributed by atoms with Crippen LogP contribution in [-0.4, -0.2) is 77.6 Å². The monoisotopic (exact) mass is 535 g/mol. The molecule has 1 atom stereocenters. The number of ether oxygens (including phenoxy) is 1. The molecule has 0 spiro atoms. The highest BCUT2D eigenvalue weighted by Crippen LogP contribution is 2.45. The van der Waals surface area contributed by atoms with Crippen molar-refractivity contribution in [2.45, 2.75) is 43.9 Å². The van der Waals surface area contributed by atoms with E-state index < -0.39 is 41.9 Å². The Labute approximate surface area is 219 Å². The Morgan fingerprint density at radius 2 is 1.68 bits per heavy atom. The Bertz CT molecular complexity index is 1310. The van der Waals surface area contributed by atoms with Crippen LogP contribution in [0.5, 0.6) is 5.75 Å². The predicted octanol–water partition coefficient (Wildman–Crippen LogP) is 5.21. The topological polar surface area (TPSA) is 57.9 Å². The lowest BCUT2D eigenvalue weighted by atomic mass is 9.73. The van der Waals surface area contributed by atoms with Crippen LogP contribution < -0.4 is 4.74 Å². The molecule has 2 aromatic carbocycles. The highest BCUT2D eigenvalue weighted by Gasteiger charge is 2.56. The summed E-state index contributed by atoms with van der Waals surface area (Å²) in [6.07, 6.45) is -6.68. The quantitative estimate of drug-likeness (QED) is 0.441. The molecular formula is C28H33F4N3O3. The first-order valence-corrected chi connectivity index (χ1v) is 12.5. The molecule has 0 radical (unpaired) electrons. The summed E-state index contributed by atoms with van der Waals surface area (Å²) in [5, 5.41) is 11.9. The highest BCUT2D eigenvalue weighted by atomic mass is 19.4. The van der Waals surface area contributed by atoms with Crippen molar-refractivity contribution in [2.75, 3.05) is 40.3 Å². The molecule has 0 saturated carbocycles. The normalized spacial score (nSPS) is 17.0. The number of amides is 1. The van der Waals surface area contributed by atoms with Crippen LogP contribution in [0.3, 0.4) is 0 Å². The number of likely N-dealkylation sites (N-methyl/N-ethyl adjacent to an activating group) is 1. The summed E-state index contributed by atoms with van der Waals surface area (Å²) >= 11 is 0. The number of hydrogen-bond donors (Lipinski definition) is 1. The number of para-hydroxylation sites is 1. The first kappa shape index (κ1) is 27.9. The number of rotatable bonds is 6. The van der Waals surface area contributed by atoms with Crippen molar-refractivity contribution in [1.82, 2.24) is 14.4 Å². The molecule has 10 heteroatoms. The van der Waals surface area contributed by atoms with Crippen LogP contribution >= 0.6 is 0 Å². The molecule has 1 aliphatic rings. The van der Waals surface area contributed by atoms with Gasteiger partial charge in [0.2, 0.25) is 0 Å². The fraction of sp³-hybridized carbons (Fsp3) is 0.464. The Morgan fingerprint density at radius 1 is 1.03 bits per heavy atom. The Kier molecular flexibility index (Phi) is 7.51. The molecule has 1 N–H and O–H groups in total. The summed E-state index contributed by atoms with van der Waals surface area (Å²) in [5.74, 6) is -0.400. The zero-order chi connectivity index (χ0) is 27.9. The highest BCUT2D eigenvalue weighted by molar-refractivity contribution is 5.93. The zero-order valence-corrected chi connectivity index (χ0v) is 22.0. The zero-order valence-electron chi connectivity index (χ0n) is 22.0. The van der Waals surface area contributed by atoms with Crippen molar-refractivity contribution in [1.29, 1.82) is 0 Å². The Hall–Kier alpha value is -3.11. The van der Waals surface area contributed by atoms with Crippen LogP contribution in [0.1, 0.15) is 31.5 Å². The molecule has 2 heterocycles. The van der Waals surface area contributed by atoms with Gasteiger partial charge in [0.25, 0.3) is 0 Å². The van der Waals surface area contributed by atoms with E-state index in [-0.39, 0.29) is 17.0 Å². The van der Waals surface area contributed by atoms with E-state index in [0.717, 1.165) is 12.1 Å². The number of benzene rings is 2. The summed E-state index contributed by atoms with van der Waals surface area (Å²) in [5.41, 5.74) is -3.83. The number of alkyl halides is 3. The van der Waals surface area contributed by atoms with Gasteiger partial charge in [0.1, 0.15) is 11.6 Å². The number of halogens is 4. The van der Waals surface area contributed by atoms with E-state index in [9.17, 15) is 27.5 Å². The van der Waals surface area contributed by atoms with Gasteiger partial charge in [-0.25, -0.2) is 9.18 Å². The lowest BCUT2D eigenvalue weighted by Gasteiger charge is -2.39. The second-order valence-electron chi connectivity index (χ2n) is 10.7. The van der Waals surface area contributed by atoms with Gasteiger partial charge in [0.15, 0.2) is 5.60 Å². The van der Waals surface area contributed by atoms with E-state index in [0.29, 0.717) is 37.1 Å². The molecule has 1 saturated heterocycles. The minimum Gasteiger partial charge on any atom is -0.496 e. The van der Waals surface area contributed by atoms with E-state index in [1.807, 2.05) is 7.05 Å². The fourth-order valence-corrected chi connectivity index (χ4v) is 5.31. The van der Waals surface area contributed by atoms with Crippen molar-refractivity contribution < 1.29 is 32.2 Å². The van der Waals surface area contributed by atoms with Crippen molar-refractivity contribution in [3.8, 4) is 5.75 Å². The number of hydrogen-bond acceptors (Lipinski definition) is 4. The van der Waals surface area contributed by atoms with Gasteiger partial charge in [-0.05, 0) is 49.2 Å². The summed E-state index contributed by atoms with van der Waals surface area (Å²) in [6.45, 7) is 5.19. The van der Waals surface area contributed by atoms with Crippen LogP contribution in [0, 0.1) is 5.82 Å². The van der Waals surface area contributed by atoms with E-state index in [2.05, 4.69) is 4.90 Å². The second kappa shape index (κ2) is 10.2. The van der Waals surface area contributed by atoms with E-state index >= 15 is 0 Å². The van der Waals surface area contributed by atoms with Gasteiger partial charge in [0.05, 0.1) is 12.6 Å². The number of methoxy groups -OCH3 is 1. The van der Waals surface area contributed by atoms with Gasteiger partial charge in [-0.1, -0.05) is 32.0 Å². The van der Waals surface area contributed by atoms with Gasteiger partial charge >= 0.3 is 12.2 Å². The number of aromatic nitrogens is 1. The molecule has 1 unspecified atom stereocenters. The van der Waals surface area contributed by atoms with Gasteiger partial charge in [0, 0.05) is 49.2 Å². The number of carbonyl (C=O) groups excluding carboxylic acids is 1. The third kappa shape index (κ3) is 5.37. The summed E-state index contributed by atoms with van der Waals surface area (Å²) < 4.78 is 64.5. The molecule has 1 amide bonds. The molecule has 0 bridgehead atoms. The van der Waals surface area contributed by atoms with E-state index in [1.54, 1.807) is 29.2 Å². The molecular weight excluding hydrogens is 502 g/mol. The second-order valence-corrected chi connectivity index (χ2v) is 10.7. The van der Waals surface area contributed by atoms with Crippen LogP contribution in [0.4, 0.5) is 22.4 Å². The van der Waals surface area contributed by atoms with Gasteiger partial charge in [-0.15, -0.1) is 0 Å². The fourth-order valence-electron chi connectivity index (χ4n) is 5.31. The molecule has 1 aliphatic heterocycles. The first-order valence-electron chi connectivity index (χ1n) is 12.5. The number of carbonyl (C=O) groups is 1. The van der Waals surface area contributed by atoms with E-state index in [1.165, 1.54) is 37.7 Å². The van der Waals surface area contributed by atoms with Gasteiger partial charge in [-0.2, -0.15) is 13.2 Å². The standard InChI is InChI=1S/C28H33F4N3O3/c1-26(2,22-16-20(29)9-10-24(22)38-4)18-27(37,28(30,31)32)17-21-15-19-7-5-6-8-23(19)35(21)25(36)34-13-11-33(3)12-14-34/h5-10,15-16,37H,11-14,17-18H2,1-4H3. The number of piperazine rings is 1. The minimum atomic E-state index is -5.04. The summed E-state index contributed by atoms with van der Waals surface area (Å²) in [6, 6.07) is 11.6. The maximum atomic E-state index is 14.6. The summed E-state index contributed by atoms with van der Waals surface area (Å²) in [4.78, 5) is 17.3. The van der Waals surface area contributed by atoms with Crippen molar-refractivity contribution >= 4 is 16.9 Å². The lowest BCUT2D eigenvalue weighted by Crippen LogP contribution is -2.52. The van der Waals surface area contributed by atoms with Crippen LogP contribution in [0.2, 0.25) is 0 Å². The number of fused-ring (bicyclic) bond motifs is 1. The molecule has 6 nitrogen and oxygen atoms in total. The average Bonchev–Trinajstić information content (AvgIpc) is 3.20. The maximum Gasteiger partial charge on any atom is 0.417 e. The number of nitrogens with zero attached hydrogens (tertiary/aromatic N) is 3. The van der Waals surface area contributed by atoms with Crippen molar-refractivity contribution in [3.63, 3.8) is 0 Å². The first-order chi connectivity index (χ1) is 17.8. The van der Waals surface area contributed by atoms with Crippen molar-refractivity contribution in [2.24, 2.45) is 0 Å². The Morgan fingerprint density at radius 3 is 2.32 bits per heavy atom. The number of aliphatic hydroxyl groups is 1. The third-order valence-corrected chi connectivity index (χ3v) is 7.38. The predicted molar refractivity (Wildman–Crippen MR) is 137 cm³/mol. The largest absolute Gasteiger partial charge is 0.496 e. The van der Waals surface area contributed by atoms with Crippen LogP contribution in [0.25, 0.3) is 10.9 Å². The van der Waals surface area contributed by atoms with Crippen molar-refractivity contribution in [3.05, 3.63) is 65.6 Å². The molecule has 206 valence electrons.